The van der Waals surface area contributed by atoms with E-state index in [-0.39, 0.29) is 18.6 Å². The van der Waals surface area contributed by atoms with Crippen LogP contribution >= 0.6 is 0 Å². The lowest BCUT2D eigenvalue weighted by Crippen LogP contribution is -2.35. The monoisotopic (exact) mass is 338 g/mol. The fourth-order valence-electron chi connectivity index (χ4n) is 2.86. The Kier molecular flexibility index (Phi) is 3.60. The molecule has 0 aromatic heterocycles. The molecular weight excluding hydrogens is 320 g/mol. The molecule has 2 aromatic rings. The highest BCUT2D eigenvalue weighted by molar-refractivity contribution is 6.17. The summed E-state index contributed by atoms with van der Waals surface area (Å²) in [5.41, 5.74) is 1.28. The van der Waals surface area contributed by atoms with Gasteiger partial charge < -0.3 is 20.1 Å². The van der Waals surface area contributed by atoms with E-state index in [0.29, 0.717) is 30.0 Å². The maximum absolute atomic E-state index is 12.7. The van der Waals surface area contributed by atoms with Crippen molar-refractivity contribution in [2.24, 2.45) is 5.41 Å². The summed E-state index contributed by atoms with van der Waals surface area (Å²) in [6.07, 6.45) is 1.09. The fraction of sp³-hybridized carbons (Fsp3) is 0.263. The molecule has 6 heteroatoms. The number of hydrogen-bond acceptors (Lipinski definition) is 4. The molecule has 25 heavy (non-hydrogen) atoms. The number of anilines is 2. The molecule has 0 unspecified atom stereocenters. The number of carbonyl (C=O) groups excluding carboxylic acids is 2. The maximum atomic E-state index is 12.7. The molecule has 1 aliphatic carbocycles. The number of nitrogens with one attached hydrogen (secondary N) is 2. The van der Waals surface area contributed by atoms with Crippen LogP contribution in [0, 0.1) is 12.3 Å². The second-order valence-corrected chi connectivity index (χ2v) is 6.37. The lowest BCUT2D eigenvalue weighted by Gasteiger charge is -2.16. The molecule has 1 aliphatic heterocycles. The Morgan fingerprint density at radius 3 is 2.44 bits per heavy atom. The minimum Gasteiger partial charge on any atom is -0.454 e. The van der Waals surface area contributed by atoms with Crippen molar-refractivity contribution in [1.29, 1.82) is 0 Å². The van der Waals surface area contributed by atoms with E-state index < -0.39 is 5.41 Å². The molecule has 0 atom stereocenters. The van der Waals surface area contributed by atoms with Gasteiger partial charge in [-0.1, -0.05) is 18.2 Å². The molecule has 1 saturated carbocycles. The highest BCUT2D eigenvalue weighted by Gasteiger charge is 2.56. The first-order chi connectivity index (χ1) is 12.1. The van der Waals surface area contributed by atoms with Gasteiger partial charge in [0.2, 0.25) is 18.6 Å². The Morgan fingerprint density at radius 1 is 0.960 bits per heavy atom. The SMILES string of the molecule is Cc1ccccc1NC(=O)C1(C(=O)Nc2ccc3c(c2)OCO3)CC1. The molecular formula is C19H18N2O4. The van der Waals surface area contributed by atoms with Crippen LogP contribution in [-0.4, -0.2) is 18.6 Å². The largest absolute Gasteiger partial charge is 0.454 e. The molecule has 6 nitrogen and oxygen atoms in total. The minimum atomic E-state index is -1.00. The zero-order chi connectivity index (χ0) is 17.4. The number of amides is 2. The Balaban J connectivity index is 1.47. The third kappa shape index (κ3) is 2.80. The van der Waals surface area contributed by atoms with Crippen LogP contribution in [0.4, 0.5) is 11.4 Å². The van der Waals surface area contributed by atoms with E-state index >= 15 is 0 Å². The number of carbonyl (C=O) groups is 2. The first-order valence-electron chi connectivity index (χ1n) is 8.17. The molecule has 2 amide bonds. The second-order valence-electron chi connectivity index (χ2n) is 6.37. The standard InChI is InChI=1S/C19H18N2O4/c1-12-4-2-3-5-14(12)21-18(23)19(8-9-19)17(22)20-13-6-7-15-16(10-13)25-11-24-15/h2-7,10H,8-9,11H2,1H3,(H,20,22)(H,21,23). The number of fused-ring (bicyclic) bond motifs is 1. The summed E-state index contributed by atoms with van der Waals surface area (Å²) in [5, 5.41) is 5.70. The Morgan fingerprint density at radius 2 is 1.68 bits per heavy atom. The van der Waals surface area contributed by atoms with Crippen molar-refractivity contribution in [1.82, 2.24) is 0 Å². The van der Waals surface area contributed by atoms with Crippen molar-refractivity contribution in [3.05, 3.63) is 48.0 Å². The second kappa shape index (κ2) is 5.81. The first kappa shape index (κ1) is 15.5. The third-order valence-electron chi connectivity index (χ3n) is 4.64. The van der Waals surface area contributed by atoms with Gasteiger partial charge in [-0.05, 0) is 43.5 Å². The van der Waals surface area contributed by atoms with Crippen LogP contribution in [0.1, 0.15) is 18.4 Å². The van der Waals surface area contributed by atoms with Gasteiger partial charge in [-0.3, -0.25) is 9.59 Å². The van der Waals surface area contributed by atoms with E-state index in [0.717, 1.165) is 11.3 Å². The number of para-hydroxylation sites is 1. The minimum absolute atomic E-state index is 0.176. The quantitative estimate of drug-likeness (QED) is 0.840. The average Bonchev–Trinajstić information content (AvgIpc) is 3.29. The Bertz CT molecular complexity index is 858. The van der Waals surface area contributed by atoms with E-state index in [1.807, 2.05) is 31.2 Å². The Labute approximate surface area is 145 Å². The summed E-state index contributed by atoms with van der Waals surface area (Å²) < 4.78 is 10.6. The molecule has 0 spiro atoms. The Hall–Kier alpha value is -3.02. The number of ether oxygens (including phenoxy) is 2. The number of benzene rings is 2. The van der Waals surface area contributed by atoms with E-state index in [4.69, 9.17) is 9.47 Å². The van der Waals surface area contributed by atoms with Crippen molar-refractivity contribution in [3.63, 3.8) is 0 Å². The number of aryl methyl sites for hydroxylation is 1. The molecule has 1 fully saturated rings. The van der Waals surface area contributed by atoms with E-state index in [9.17, 15) is 9.59 Å². The van der Waals surface area contributed by atoms with Crippen LogP contribution in [-0.2, 0) is 9.59 Å². The van der Waals surface area contributed by atoms with E-state index in [1.54, 1.807) is 18.2 Å². The molecule has 0 saturated heterocycles. The molecule has 2 N–H and O–H groups in total. The van der Waals surface area contributed by atoms with Crippen LogP contribution in [0.25, 0.3) is 0 Å². The summed E-state index contributed by atoms with van der Waals surface area (Å²) in [4.78, 5) is 25.3. The number of rotatable bonds is 4. The van der Waals surface area contributed by atoms with Crippen molar-refractivity contribution in [3.8, 4) is 11.5 Å². The van der Waals surface area contributed by atoms with Gasteiger partial charge in [0.1, 0.15) is 5.41 Å². The van der Waals surface area contributed by atoms with Gasteiger partial charge >= 0.3 is 0 Å². The molecule has 0 radical (unpaired) electrons. The molecule has 128 valence electrons. The lowest BCUT2D eigenvalue weighted by atomic mass is 10.0. The molecule has 4 rings (SSSR count). The van der Waals surface area contributed by atoms with E-state index in [2.05, 4.69) is 10.6 Å². The maximum Gasteiger partial charge on any atom is 0.240 e. The molecule has 2 aliphatic rings. The van der Waals surface area contributed by atoms with Crippen LogP contribution in [0.3, 0.4) is 0 Å². The van der Waals surface area contributed by atoms with Crippen molar-refractivity contribution in [2.75, 3.05) is 17.4 Å². The average molecular weight is 338 g/mol. The smallest absolute Gasteiger partial charge is 0.240 e. The van der Waals surface area contributed by atoms with Gasteiger partial charge in [-0.2, -0.15) is 0 Å². The fourth-order valence-corrected chi connectivity index (χ4v) is 2.86. The van der Waals surface area contributed by atoms with Crippen molar-refractivity contribution in [2.45, 2.75) is 19.8 Å². The highest BCUT2D eigenvalue weighted by atomic mass is 16.7. The molecule has 2 aromatic carbocycles. The predicted molar refractivity (Wildman–Crippen MR) is 92.7 cm³/mol. The van der Waals surface area contributed by atoms with E-state index in [1.165, 1.54) is 0 Å². The normalized spacial score (nSPS) is 16.2. The highest BCUT2D eigenvalue weighted by Crippen LogP contribution is 2.48. The van der Waals surface area contributed by atoms with Gasteiger partial charge in [-0.15, -0.1) is 0 Å². The van der Waals surface area contributed by atoms with Gasteiger partial charge in [-0.25, -0.2) is 0 Å². The third-order valence-corrected chi connectivity index (χ3v) is 4.64. The topological polar surface area (TPSA) is 76.7 Å². The van der Waals surface area contributed by atoms with Crippen molar-refractivity contribution < 1.29 is 19.1 Å². The summed E-state index contributed by atoms with van der Waals surface area (Å²) in [6, 6.07) is 12.7. The summed E-state index contributed by atoms with van der Waals surface area (Å²) in [7, 11) is 0. The number of hydrogen-bond donors (Lipinski definition) is 2. The molecule has 1 heterocycles. The van der Waals surface area contributed by atoms with Crippen LogP contribution < -0.4 is 20.1 Å². The van der Waals surface area contributed by atoms with Gasteiger partial charge in [0.25, 0.3) is 0 Å². The van der Waals surface area contributed by atoms with Gasteiger partial charge in [0, 0.05) is 17.4 Å². The van der Waals surface area contributed by atoms with Crippen molar-refractivity contribution >= 4 is 23.2 Å². The van der Waals surface area contributed by atoms with Crippen LogP contribution in [0.15, 0.2) is 42.5 Å². The summed E-state index contributed by atoms with van der Waals surface area (Å²) >= 11 is 0. The summed E-state index contributed by atoms with van der Waals surface area (Å²) in [6.45, 7) is 2.09. The lowest BCUT2D eigenvalue weighted by molar-refractivity contribution is -0.131. The van der Waals surface area contributed by atoms with Crippen LogP contribution in [0.5, 0.6) is 11.5 Å². The summed E-state index contributed by atoms with van der Waals surface area (Å²) in [5.74, 6) is 0.681. The zero-order valence-electron chi connectivity index (χ0n) is 13.8. The van der Waals surface area contributed by atoms with Crippen LogP contribution in [0.2, 0.25) is 0 Å². The zero-order valence-corrected chi connectivity index (χ0v) is 13.8. The van der Waals surface area contributed by atoms with Gasteiger partial charge in [0.15, 0.2) is 11.5 Å². The first-order valence-corrected chi connectivity index (χ1v) is 8.17. The molecule has 0 bridgehead atoms. The predicted octanol–water partition coefficient (Wildman–Crippen LogP) is 3.08. The van der Waals surface area contributed by atoms with Gasteiger partial charge in [0.05, 0.1) is 0 Å².